The molecule has 208 valence electrons. The smallest absolute Gasteiger partial charge is 0.370 e. The van der Waals surface area contributed by atoms with Crippen LogP contribution in [0, 0.1) is 29.6 Å². The molecule has 2 saturated carbocycles. The van der Waals surface area contributed by atoms with Crippen LogP contribution >= 0.6 is 0 Å². The molecule has 1 aromatic rings. The fourth-order valence-corrected chi connectivity index (χ4v) is 9.25. The van der Waals surface area contributed by atoms with Crippen LogP contribution in [0.25, 0.3) is 0 Å². The maximum atomic E-state index is 13.5. The Kier molecular flexibility index (Phi) is 7.24. The predicted octanol–water partition coefficient (Wildman–Crippen LogP) is 6.52. The number of carbonyl (C=O) groups excluding carboxylic acids is 1. The van der Waals surface area contributed by atoms with Gasteiger partial charge in [0.1, 0.15) is 5.75 Å². The van der Waals surface area contributed by atoms with Gasteiger partial charge in [0.25, 0.3) is 0 Å². The minimum atomic E-state index is -0.163. The van der Waals surface area contributed by atoms with Crippen molar-refractivity contribution in [3.05, 3.63) is 28.8 Å². The van der Waals surface area contributed by atoms with Gasteiger partial charge in [0, 0.05) is 12.8 Å². The highest BCUT2D eigenvalue weighted by atomic mass is 16.5. The van der Waals surface area contributed by atoms with Gasteiger partial charge < -0.3 is 13.7 Å². The highest BCUT2D eigenvalue weighted by molar-refractivity contribution is 5.77. The number of aryl methyl sites for hydroxylation is 1. The van der Waals surface area contributed by atoms with Crippen molar-refractivity contribution in [2.45, 2.75) is 97.4 Å². The zero-order valence-electron chi connectivity index (χ0n) is 26.0. The summed E-state index contributed by atoms with van der Waals surface area (Å²) in [7, 11) is 13.0. The number of fused-ring (bicyclic) bond motifs is 5. The van der Waals surface area contributed by atoms with Crippen LogP contribution in [-0.2, 0) is 16.6 Å². The number of carbonyl (C=O) groups is 1. The van der Waals surface area contributed by atoms with Gasteiger partial charge in [-0.3, -0.25) is 0 Å². The number of likely N-dealkylation sites (N-methyl/N-ethyl adjacent to an activating group) is 1. The first-order valence-electron chi connectivity index (χ1n) is 14.9. The van der Waals surface area contributed by atoms with Crippen LogP contribution in [0.3, 0.4) is 0 Å². The van der Waals surface area contributed by atoms with Crippen LogP contribution in [0.15, 0.2) is 12.1 Å². The van der Waals surface area contributed by atoms with Crippen LogP contribution in [0.2, 0.25) is 0 Å². The molecule has 0 radical (unpaired) electrons. The molecule has 0 bridgehead atoms. The topological polar surface area (TPSA) is 26.3 Å². The van der Waals surface area contributed by atoms with Crippen molar-refractivity contribution in [3.63, 3.8) is 0 Å². The van der Waals surface area contributed by atoms with Crippen molar-refractivity contribution < 1.29 is 18.5 Å². The van der Waals surface area contributed by atoms with Crippen LogP contribution in [0.1, 0.15) is 89.3 Å². The van der Waals surface area contributed by atoms with Crippen LogP contribution in [0.4, 0.5) is 0 Å². The Morgan fingerprint density at radius 3 is 2.30 bits per heavy atom. The fourth-order valence-electron chi connectivity index (χ4n) is 9.25. The summed E-state index contributed by atoms with van der Waals surface area (Å²) in [6, 6.07) is 4.22. The maximum absolute atomic E-state index is 13.5. The van der Waals surface area contributed by atoms with Gasteiger partial charge in [-0.1, -0.05) is 34.1 Å². The van der Waals surface area contributed by atoms with Gasteiger partial charge in [-0.15, -0.1) is 0 Å². The first-order chi connectivity index (χ1) is 16.9. The molecule has 3 aliphatic carbocycles. The molecule has 5 atom stereocenters. The Balaban J connectivity index is 1.58. The van der Waals surface area contributed by atoms with E-state index in [0.29, 0.717) is 21.2 Å². The summed E-state index contributed by atoms with van der Waals surface area (Å²) < 4.78 is 7.69. The number of nitrogens with zero attached hydrogens (tertiary/aromatic N) is 2. The molecule has 0 amide bonds. The fraction of sp³-hybridized carbons (Fsp3) is 0.788. The van der Waals surface area contributed by atoms with Crippen molar-refractivity contribution in [1.29, 1.82) is 0 Å². The molecule has 2 fully saturated rings. The van der Waals surface area contributed by atoms with E-state index in [2.05, 4.69) is 89.0 Å². The highest BCUT2D eigenvalue weighted by Crippen LogP contribution is 2.68. The standard InChI is InChI=1S/C33H56N2O2/c1-23-20-25(37-30(36)26(35(9,10)11)14-12-19-34(6,7)8)21-24-22-28-32(4)17-13-16-31(2,3)27(32)15-18-33(28,5)29(23)24/h20-21,26-28H,12-19,22H2,1-11H3/q+2/t26?,27-,28+,32-,33+/m0/s1. The number of esters is 1. The summed E-state index contributed by atoms with van der Waals surface area (Å²) in [4.78, 5) is 13.5. The van der Waals surface area contributed by atoms with Gasteiger partial charge >= 0.3 is 5.97 Å². The molecule has 37 heavy (non-hydrogen) atoms. The average molecular weight is 513 g/mol. The first-order valence-corrected chi connectivity index (χ1v) is 14.9. The number of ether oxygens (including phenoxy) is 1. The predicted molar refractivity (Wildman–Crippen MR) is 154 cm³/mol. The van der Waals surface area contributed by atoms with Gasteiger partial charge in [-0.2, -0.15) is 0 Å². The lowest BCUT2D eigenvalue weighted by Crippen LogP contribution is -2.55. The van der Waals surface area contributed by atoms with E-state index in [1.807, 2.05) is 0 Å². The van der Waals surface area contributed by atoms with E-state index in [1.165, 1.54) is 43.2 Å². The van der Waals surface area contributed by atoms with Crippen LogP contribution < -0.4 is 4.74 Å². The second kappa shape index (κ2) is 9.37. The lowest BCUT2D eigenvalue weighted by atomic mass is 9.43. The molecule has 4 heteroatoms. The molecular formula is C33H56N2O2+2. The summed E-state index contributed by atoms with van der Waals surface area (Å²) >= 11 is 0. The molecule has 0 N–H and O–H groups in total. The first kappa shape index (κ1) is 28.6. The monoisotopic (exact) mass is 512 g/mol. The lowest BCUT2D eigenvalue weighted by Gasteiger charge is -2.61. The van der Waals surface area contributed by atoms with Gasteiger partial charge in [0.2, 0.25) is 0 Å². The van der Waals surface area contributed by atoms with E-state index in [0.717, 1.165) is 42.0 Å². The number of quaternary nitrogens is 2. The molecular weight excluding hydrogens is 456 g/mol. The number of hydrogen-bond acceptors (Lipinski definition) is 2. The van der Waals surface area contributed by atoms with Crippen molar-refractivity contribution in [1.82, 2.24) is 0 Å². The average Bonchev–Trinajstić information content (AvgIpc) is 3.03. The Morgan fingerprint density at radius 2 is 1.68 bits per heavy atom. The SMILES string of the molecule is Cc1cc(OC(=O)C(CCC[N+](C)(C)C)[N+](C)(C)C)cc2c1[C@]1(C)CC[C@H]3C(C)(C)CCC[C@]3(C)[C@H]1C2. The summed E-state index contributed by atoms with van der Waals surface area (Å²) in [5.41, 5.74) is 5.37. The maximum Gasteiger partial charge on any atom is 0.370 e. The molecule has 0 saturated heterocycles. The van der Waals surface area contributed by atoms with Gasteiger partial charge in [0.15, 0.2) is 6.04 Å². The van der Waals surface area contributed by atoms with Crippen molar-refractivity contribution in [2.75, 3.05) is 48.8 Å². The van der Waals surface area contributed by atoms with E-state index in [4.69, 9.17) is 4.74 Å². The molecule has 1 aromatic carbocycles. The molecule has 3 aliphatic rings. The quantitative estimate of drug-likeness (QED) is 0.236. The third-order valence-electron chi connectivity index (χ3n) is 10.9. The third kappa shape index (κ3) is 5.26. The summed E-state index contributed by atoms with van der Waals surface area (Å²) in [6.45, 7) is 13.5. The number of rotatable bonds is 7. The number of hydrogen-bond donors (Lipinski definition) is 0. The van der Waals surface area contributed by atoms with E-state index in [9.17, 15) is 4.79 Å². The van der Waals surface area contributed by atoms with E-state index in [-0.39, 0.29) is 17.4 Å². The summed E-state index contributed by atoms with van der Waals surface area (Å²) in [5, 5.41) is 0. The van der Waals surface area contributed by atoms with E-state index >= 15 is 0 Å². The normalized spacial score (nSPS) is 31.8. The molecule has 4 rings (SSSR count). The van der Waals surface area contributed by atoms with Gasteiger partial charge in [-0.05, 0) is 95.9 Å². The third-order valence-corrected chi connectivity index (χ3v) is 10.9. The van der Waals surface area contributed by atoms with Crippen molar-refractivity contribution >= 4 is 5.97 Å². The second-order valence-electron chi connectivity index (χ2n) is 16.1. The minimum absolute atomic E-state index is 0.0871. The Bertz CT molecular complexity index is 1030. The molecule has 1 unspecified atom stereocenters. The van der Waals surface area contributed by atoms with Crippen molar-refractivity contribution in [3.8, 4) is 5.75 Å². The Morgan fingerprint density at radius 1 is 1.00 bits per heavy atom. The number of benzene rings is 1. The Labute approximate surface area is 227 Å². The second-order valence-corrected chi connectivity index (χ2v) is 16.1. The molecule has 4 nitrogen and oxygen atoms in total. The largest absolute Gasteiger partial charge is 0.422 e. The Hall–Kier alpha value is -1.39. The van der Waals surface area contributed by atoms with E-state index < -0.39 is 0 Å². The molecule has 0 aliphatic heterocycles. The van der Waals surface area contributed by atoms with Gasteiger partial charge in [0.05, 0.1) is 48.8 Å². The minimum Gasteiger partial charge on any atom is -0.422 e. The molecule has 0 spiro atoms. The van der Waals surface area contributed by atoms with Crippen molar-refractivity contribution in [2.24, 2.45) is 22.7 Å². The van der Waals surface area contributed by atoms with E-state index in [1.54, 1.807) is 5.56 Å². The summed E-state index contributed by atoms with van der Waals surface area (Å²) in [5.74, 6) is 2.14. The molecule has 0 heterocycles. The lowest BCUT2D eigenvalue weighted by molar-refractivity contribution is -0.889. The van der Waals surface area contributed by atoms with Gasteiger partial charge in [-0.25, -0.2) is 4.79 Å². The molecule has 0 aromatic heterocycles. The van der Waals surface area contributed by atoms with Crippen LogP contribution in [0.5, 0.6) is 5.75 Å². The summed E-state index contributed by atoms with van der Waals surface area (Å²) in [6.07, 6.45) is 9.68. The zero-order chi connectivity index (χ0) is 27.6. The zero-order valence-corrected chi connectivity index (χ0v) is 26.0. The van der Waals surface area contributed by atoms with Crippen LogP contribution in [-0.4, -0.2) is 69.8 Å². The highest BCUT2D eigenvalue weighted by Gasteiger charge is 2.61.